The van der Waals surface area contributed by atoms with E-state index in [1.54, 1.807) is 0 Å². The van der Waals surface area contributed by atoms with E-state index in [0.717, 1.165) is 12.6 Å². The maximum atomic E-state index is 5.98. The molecule has 1 fully saturated rings. The fraction of sp³-hybridized carbons (Fsp3) is 1.00. The zero-order valence-electron chi connectivity index (χ0n) is 10.1. The standard InChI is InChI=1S/C12H26N2/c1-4-9-12(5-2,10-13)14(3)11-7-6-8-11/h11H,4-10,13H2,1-3H3. The number of likely N-dealkylation sites (N-methyl/N-ethyl adjacent to an activating group) is 1. The summed E-state index contributed by atoms with van der Waals surface area (Å²) < 4.78 is 0. The minimum Gasteiger partial charge on any atom is -0.329 e. The van der Waals surface area contributed by atoms with Crippen molar-refractivity contribution < 1.29 is 0 Å². The number of hydrogen-bond donors (Lipinski definition) is 1. The molecule has 2 N–H and O–H groups in total. The van der Waals surface area contributed by atoms with Gasteiger partial charge in [0.15, 0.2) is 0 Å². The number of nitrogens with zero attached hydrogens (tertiary/aromatic N) is 1. The van der Waals surface area contributed by atoms with Crippen LogP contribution in [0.1, 0.15) is 52.4 Å². The van der Waals surface area contributed by atoms with Crippen LogP contribution in [0.25, 0.3) is 0 Å². The average Bonchev–Trinajstić information content (AvgIpc) is 2.11. The molecule has 0 aliphatic heterocycles. The third-order valence-electron chi connectivity index (χ3n) is 4.12. The zero-order chi connectivity index (χ0) is 10.6. The topological polar surface area (TPSA) is 29.3 Å². The Bertz CT molecular complexity index is 160. The van der Waals surface area contributed by atoms with Crippen LogP contribution >= 0.6 is 0 Å². The summed E-state index contributed by atoms with van der Waals surface area (Å²) >= 11 is 0. The van der Waals surface area contributed by atoms with Gasteiger partial charge >= 0.3 is 0 Å². The fourth-order valence-electron chi connectivity index (χ4n) is 2.62. The molecule has 1 atom stereocenters. The Morgan fingerprint density at radius 3 is 2.29 bits per heavy atom. The van der Waals surface area contributed by atoms with E-state index in [4.69, 9.17) is 5.73 Å². The van der Waals surface area contributed by atoms with E-state index < -0.39 is 0 Å². The summed E-state index contributed by atoms with van der Waals surface area (Å²) in [6, 6.07) is 0.810. The van der Waals surface area contributed by atoms with Crippen molar-refractivity contribution in [2.75, 3.05) is 13.6 Å². The van der Waals surface area contributed by atoms with E-state index in [1.165, 1.54) is 38.5 Å². The lowest BCUT2D eigenvalue weighted by atomic mass is 9.82. The predicted molar refractivity (Wildman–Crippen MR) is 62.4 cm³/mol. The molecular formula is C12H26N2. The van der Waals surface area contributed by atoms with Gasteiger partial charge < -0.3 is 5.73 Å². The summed E-state index contributed by atoms with van der Waals surface area (Å²) in [6.45, 7) is 5.34. The molecule has 1 aliphatic carbocycles. The van der Waals surface area contributed by atoms with Crippen LogP contribution in [-0.2, 0) is 0 Å². The van der Waals surface area contributed by atoms with Crippen molar-refractivity contribution in [2.45, 2.75) is 64.0 Å². The molecule has 0 aromatic carbocycles. The van der Waals surface area contributed by atoms with Crippen LogP contribution in [0.15, 0.2) is 0 Å². The Morgan fingerprint density at radius 1 is 1.36 bits per heavy atom. The maximum absolute atomic E-state index is 5.98. The molecular weight excluding hydrogens is 172 g/mol. The molecule has 0 bridgehead atoms. The second kappa shape index (κ2) is 5.13. The van der Waals surface area contributed by atoms with Gasteiger partial charge in [-0.2, -0.15) is 0 Å². The van der Waals surface area contributed by atoms with Crippen molar-refractivity contribution in [3.8, 4) is 0 Å². The molecule has 1 aliphatic rings. The fourth-order valence-corrected chi connectivity index (χ4v) is 2.62. The highest BCUT2D eigenvalue weighted by atomic mass is 15.2. The van der Waals surface area contributed by atoms with Crippen molar-refractivity contribution in [3.05, 3.63) is 0 Å². The average molecular weight is 198 g/mol. The first-order valence-corrected chi connectivity index (χ1v) is 6.13. The Hall–Kier alpha value is -0.0800. The van der Waals surface area contributed by atoms with Gasteiger partial charge in [-0.05, 0) is 32.7 Å². The summed E-state index contributed by atoms with van der Waals surface area (Å²) in [7, 11) is 2.27. The minimum absolute atomic E-state index is 0.278. The van der Waals surface area contributed by atoms with Gasteiger partial charge in [0.1, 0.15) is 0 Å². The van der Waals surface area contributed by atoms with Gasteiger partial charge in [0.2, 0.25) is 0 Å². The first-order valence-electron chi connectivity index (χ1n) is 6.13. The zero-order valence-corrected chi connectivity index (χ0v) is 10.1. The van der Waals surface area contributed by atoms with Crippen molar-refractivity contribution in [1.29, 1.82) is 0 Å². The van der Waals surface area contributed by atoms with Gasteiger partial charge in [0, 0.05) is 18.1 Å². The minimum atomic E-state index is 0.278. The third kappa shape index (κ3) is 2.12. The number of hydrogen-bond acceptors (Lipinski definition) is 2. The SMILES string of the molecule is CCCC(CC)(CN)N(C)C1CCC1. The van der Waals surface area contributed by atoms with E-state index in [2.05, 4.69) is 25.8 Å². The second-order valence-corrected chi connectivity index (χ2v) is 4.73. The van der Waals surface area contributed by atoms with Crippen LogP contribution in [-0.4, -0.2) is 30.1 Å². The first kappa shape index (κ1) is 12.0. The Balaban J connectivity index is 2.62. The molecule has 0 spiro atoms. The van der Waals surface area contributed by atoms with E-state index in [9.17, 15) is 0 Å². The summed E-state index contributed by atoms with van der Waals surface area (Å²) in [5.74, 6) is 0. The second-order valence-electron chi connectivity index (χ2n) is 4.73. The molecule has 0 saturated heterocycles. The molecule has 0 aromatic rings. The Morgan fingerprint density at radius 2 is 2.00 bits per heavy atom. The van der Waals surface area contributed by atoms with E-state index in [1.807, 2.05) is 0 Å². The van der Waals surface area contributed by atoms with E-state index in [-0.39, 0.29) is 5.54 Å². The maximum Gasteiger partial charge on any atom is 0.0328 e. The lowest BCUT2D eigenvalue weighted by Crippen LogP contribution is -2.57. The van der Waals surface area contributed by atoms with Crippen LogP contribution in [0.2, 0.25) is 0 Å². The normalized spacial score (nSPS) is 22.1. The van der Waals surface area contributed by atoms with Crippen LogP contribution < -0.4 is 5.73 Å². The van der Waals surface area contributed by atoms with Crippen molar-refractivity contribution in [1.82, 2.24) is 4.90 Å². The van der Waals surface area contributed by atoms with Crippen molar-refractivity contribution in [3.63, 3.8) is 0 Å². The van der Waals surface area contributed by atoms with Gasteiger partial charge in [-0.3, -0.25) is 4.90 Å². The molecule has 0 amide bonds. The third-order valence-corrected chi connectivity index (χ3v) is 4.12. The Kier molecular flexibility index (Phi) is 4.39. The molecule has 2 heteroatoms. The van der Waals surface area contributed by atoms with Gasteiger partial charge in [-0.15, -0.1) is 0 Å². The molecule has 2 nitrogen and oxygen atoms in total. The number of rotatable bonds is 6. The molecule has 0 radical (unpaired) electrons. The predicted octanol–water partition coefficient (Wildman–Crippen LogP) is 2.38. The summed E-state index contributed by atoms with van der Waals surface area (Å²) in [6.07, 6.45) is 7.83. The highest BCUT2D eigenvalue weighted by Crippen LogP contribution is 2.33. The quantitative estimate of drug-likeness (QED) is 0.710. The smallest absolute Gasteiger partial charge is 0.0328 e. The van der Waals surface area contributed by atoms with Crippen LogP contribution in [0, 0.1) is 0 Å². The van der Waals surface area contributed by atoms with Gasteiger partial charge in [0.05, 0.1) is 0 Å². The summed E-state index contributed by atoms with van der Waals surface area (Å²) in [5.41, 5.74) is 6.26. The highest BCUT2D eigenvalue weighted by molar-refractivity contribution is 4.94. The lowest BCUT2D eigenvalue weighted by molar-refractivity contribution is 0.0284. The van der Waals surface area contributed by atoms with E-state index >= 15 is 0 Å². The van der Waals surface area contributed by atoms with Crippen molar-refractivity contribution >= 4 is 0 Å². The molecule has 84 valence electrons. The lowest BCUT2D eigenvalue weighted by Gasteiger charge is -2.48. The van der Waals surface area contributed by atoms with Gasteiger partial charge in [0.25, 0.3) is 0 Å². The molecule has 0 aromatic heterocycles. The summed E-state index contributed by atoms with van der Waals surface area (Å²) in [5, 5.41) is 0. The number of nitrogens with two attached hydrogens (primary N) is 1. The van der Waals surface area contributed by atoms with Crippen LogP contribution in [0.4, 0.5) is 0 Å². The molecule has 14 heavy (non-hydrogen) atoms. The molecule has 1 rings (SSSR count). The highest BCUT2D eigenvalue weighted by Gasteiger charge is 2.36. The van der Waals surface area contributed by atoms with Gasteiger partial charge in [-0.25, -0.2) is 0 Å². The van der Waals surface area contributed by atoms with Crippen molar-refractivity contribution in [2.24, 2.45) is 5.73 Å². The summed E-state index contributed by atoms with van der Waals surface area (Å²) in [4.78, 5) is 2.57. The molecule has 1 unspecified atom stereocenters. The monoisotopic (exact) mass is 198 g/mol. The van der Waals surface area contributed by atoms with Crippen LogP contribution in [0.3, 0.4) is 0 Å². The first-order chi connectivity index (χ1) is 6.70. The molecule has 0 heterocycles. The molecule has 1 saturated carbocycles. The van der Waals surface area contributed by atoms with Crippen LogP contribution in [0.5, 0.6) is 0 Å². The van der Waals surface area contributed by atoms with Gasteiger partial charge in [-0.1, -0.05) is 26.7 Å². The Labute approximate surface area is 88.8 Å². The van der Waals surface area contributed by atoms with E-state index in [0.29, 0.717) is 0 Å². The largest absolute Gasteiger partial charge is 0.329 e.